The summed E-state index contributed by atoms with van der Waals surface area (Å²) in [6, 6.07) is 0. The van der Waals surface area contributed by atoms with Gasteiger partial charge in [-0.05, 0) is 18.8 Å². The van der Waals surface area contributed by atoms with E-state index in [9.17, 15) is 4.79 Å². The highest BCUT2D eigenvalue weighted by Crippen LogP contribution is 2.42. The lowest BCUT2D eigenvalue weighted by Crippen LogP contribution is -2.22. The SMILES string of the molecule is CCC1CC2CC1C(=O)O2. The molecule has 2 bridgehead atoms. The van der Waals surface area contributed by atoms with Crippen molar-refractivity contribution >= 4 is 5.97 Å². The van der Waals surface area contributed by atoms with Crippen molar-refractivity contribution in [1.82, 2.24) is 0 Å². The molecule has 0 radical (unpaired) electrons. The van der Waals surface area contributed by atoms with E-state index in [-0.39, 0.29) is 18.0 Å². The first-order valence-electron chi connectivity index (χ1n) is 4.01. The molecule has 3 atom stereocenters. The molecule has 1 aliphatic heterocycles. The van der Waals surface area contributed by atoms with Gasteiger partial charge in [-0.1, -0.05) is 13.3 Å². The molecule has 2 heteroatoms. The molecule has 2 rings (SSSR count). The molecule has 56 valence electrons. The summed E-state index contributed by atoms with van der Waals surface area (Å²) in [5.41, 5.74) is 0. The third-order valence-corrected chi connectivity index (χ3v) is 2.76. The minimum Gasteiger partial charge on any atom is -0.462 e. The van der Waals surface area contributed by atoms with Crippen molar-refractivity contribution in [1.29, 1.82) is 0 Å². The normalized spacial score (nSPS) is 44.1. The van der Waals surface area contributed by atoms with E-state index in [1.807, 2.05) is 0 Å². The Balaban J connectivity index is 2.12. The number of carbonyl (C=O) groups is 1. The van der Waals surface area contributed by atoms with Crippen molar-refractivity contribution in [2.24, 2.45) is 11.8 Å². The van der Waals surface area contributed by atoms with Crippen LogP contribution < -0.4 is 0 Å². The van der Waals surface area contributed by atoms with E-state index in [1.54, 1.807) is 0 Å². The van der Waals surface area contributed by atoms with Crippen LogP contribution in [0.2, 0.25) is 0 Å². The van der Waals surface area contributed by atoms with Crippen molar-refractivity contribution in [3.05, 3.63) is 0 Å². The topological polar surface area (TPSA) is 26.3 Å². The number of ether oxygens (including phenoxy) is 1. The molecular formula is C8H12O2. The maximum absolute atomic E-state index is 11.0. The Morgan fingerprint density at radius 1 is 1.60 bits per heavy atom. The smallest absolute Gasteiger partial charge is 0.309 e. The largest absolute Gasteiger partial charge is 0.462 e. The molecule has 10 heavy (non-hydrogen) atoms. The minimum atomic E-state index is 0.0584. The van der Waals surface area contributed by atoms with E-state index >= 15 is 0 Å². The highest BCUT2D eigenvalue weighted by molar-refractivity contribution is 5.76. The molecule has 0 aromatic rings. The van der Waals surface area contributed by atoms with Gasteiger partial charge in [0.2, 0.25) is 0 Å². The zero-order valence-electron chi connectivity index (χ0n) is 6.17. The summed E-state index contributed by atoms with van der Waals surface area (Å²) in [6.07, 6.45) is 3.53. The number of rotatable bonds is 1. The van der Waals surface area contributed by atoms with E-state index in [2.05, 4.69) is 6.92 Å². The number of esters is 1. The van der Waals surface area contributed by atoms with E-state index in [1.165, 1.54) is 0 Å². The van der Waals surface area contributed by atoms with Gasteiger partial charge in [0.15, 0.2) is 0 Å². The first-order valence-corrected chi connectivity index (χ1v) is 4.01. The van der Waals surface area contributed by atoms with Crippen LogP contribution in [0, 0.1) is 11.8 Å². The van der Waals surface area contributed by atoms with Gasteiger partial charge in [0.25, 0.3) is 0 Å². The van der Waals surface area contributed by atoms with Gasteiger partial charge in [-0.3, -0.25) is 4.79 Å². The van der Waals surface area contributed by atoms with Crippen LogP contribution >= 0.6 is 0 Å². The van der Waals surface area contributed by atoms with E-state index in [4.69, 9.17) is 4.74 Å². The molecular weight excluding hydrogens is 128 g/mol. The molecule has 0 aromatic heterocycles. The number of hydrogen-bond acceptors (Lipinski definition) is 2. The second-order valence-electron chi connectivity index (χ2n) is 3.31. The molecule has 0 spiro atoms. The molecule has 0 amide bonds. The summed E-state index contributed by atoms with van der Waals surface area (Å²) in [5, 5.41) is 0. The van der Waals surface area contributed by atoms with Crippen molar-refractivity contribution < 1.29 is 9.53 Å². The van der Waals surface area contributed by atoms with Crippen molar-refractivity contribution in [2.45, 2.75) is 32.3 Å². The standard InChI is InChI=1S/C8H12O2/c1-2-5-3-6-4-7(5)8(9)10-6/h5-7H,2-4H2,1H3. The molecule has 1 saturated carbocycles. The minimum absolute atomic E-state index is 0.0584. The Morgan fingerprint density at radius 3 is 2.80 bits per heavy atom. The zero-order valence-corrected chi connectivity index (χ0v) is 6.17. The summed E-state index contributed by atoms with van der Waals surface area (Å²) in [5.74, 6) is 0.948. The highest BCUT2D eigenvalue weighted by Gasteiger charge is 2.46. The third kappa shape index (κ3) is 0.678. The summed E-state index contributed by atoms with van der Waals surface area (Å²) < 4.78 is 5.05. The van der Waals surface area contributed by atoms with E-state index < -0.39 is 0 Å². The van der Waals surface area contributed by atoms with E-state index in [0.29, 0.717) is 5.92 Å². The van der Waals surface area contributed by atoms with Gasteiger partial charge in [0.1, 0.15) is 6.10 Å². The third-order valence-electron chi connectivity index (χ3n) is 2.76. The lowest BCUT2D eigenvalue weighted by atomic mass is 9.94. The molecule has 0 N–H and O–H groups in total. The molecule has 1 heterocycles. The fraction of sp³-hybridized carbons (Fsp3) is 0.875. The predicted molar refractivity (Wildman–Crippen MR) is 36.4 cm³/mol. The van der Waals surface area contributed by atoms with Crippen molar-refractivity contribution in [3.8, 4) is 0 Å². The second kappa shape index (κ2) is 1.97. The maximum Gasteiger partial charge on any atom is 0.309 e. The van der Waals surface area contributed by atoms with Gasteiger partial charge in [-0.15, -0.1) is 0 Å². The second-order valence-corrected chi connectivity index (χ2v) is 3.31. The van der Waals surface area contributed by atoms with Crippen molar-refractivity contribution in [2.75, 3.05) is 0 Å². The van der Waals surface area contributed by atoms with Crippen molar-refractivity contribution in [3.63, 3.8) is 0 Å². The first kappa shape index (κ1) is 6.20. The van der Waals surface area contributed by atoms with Crippen LogP contribution in [-0.2, 0) is 9.53 Å². The van der Waals surface area contributed by atoms with Gasteiger partial charge in [-0.25, -0.2) is 0 Å². The van der Waals surface area contributed by atoms with Crippen LogP contribution in [0.3, 0.4) is 0 Å². The van der Waals surface area contributed by atoms with Gasteiger partial charge in [0.05, 0.1) is 5.92 Å². The molecule has 2 nitrogen and oxygen atoms in total. The Bertz CT molecular complexity index is 165. The zero-order chi connectivity index (χ0) is 7.14. The monoisotopic (exact) mass is 140 g/mol. The maximum atomic E-state index is 11.0. The quantitative estimate of drug-likeness (QED) is 0.514. The Hall–Kier alpha value is -0.530. The van der Waals surface area contributed by atoms with Crippen LogP contribution in [0.15, 0.2) is 0 Å². The summed E-state index contributed by atoms with van der Waals surface area (Å²) >= 11 is 0. The average molecular weight is 140 g/mol. The van der Waals surface area contributed by atoms with Crippen LogP contribution in [0.5, 0.6) is 0 Å². The fourth-order valence-electron chi connectivity index (χ4n) is 2.16. The van der Waals surface area contributed by atoms with Gasteiger partial charge < -0.3 is 4.74 Å². The van der Waals surface area contributed by atoms with Crippen LogP contribution in [0.1, 0.15) is 26.2 Å². The summed E-state index contributed by atoms with van der Waals surface area (Å²) in [4.78, 5) is 11.0. The summed E-state index contributed by atoms with van der Waals surface area (Å²) in [7, 11) is 0. The van der Waals surface area contributed by atoms with Crippen LogP contribution in [-0.4, -0.2) is 12.1 Å². The van der Waals surface area contributed by atoms with Gasteiger partial charge >= 0.3 is 5.97 Å². The number of fused-ring (bicyclic) bond motifs is 2. The van der Waals surface area contributed by atoms with Crippen LogP contribution in [0.4, 0.5) is 0 Å². The molecule has 2 fully saturated rings. The molecule has 3 unspecified atom stereocenters. The average Bonchev–Trinajstić information content (AvgIpc) is 2.44. The molecule has 1 aliphatic carbocycles. The molecule has 1 saturated heterocycles. The number of hydrogen-bond donors (Lipinski definition) is 0. The first-order chi connectivity index (χ1) is 4.81. The van der Waals surface area contributed by atoms with Gasteiger partial charge in [0, 0.05) is 0 Å². The Labute approximate surface area is 60.6 Å². The molecule has 2 aliphatic rings. The predicted octanol–water partition coefficient (Wildman–Crippen LogP) is 1.35. The molecule has 0 aromatic carbocycles. The van der Waals surface area contributed by atoms with E-state index in [0.717, 1.165) is 19.3 Å². The lowest BCUT2D eigenvalue weighted by molar-refractivity contribution is -0.150. The Kier molecular flexibility index (Phi) is 1.22. The highest BCUT2D eigenvalue weighted by atomic mass is 16.6. The van der Waals surface area contributed by atoms with Gasteiger partial charge in [-0.2, -0.15) is 0 Å². The number of carbonyl (C=O) groups excluding carboxylic acids is 1. The lowest BCUT2D eigenvalue weighted by Gasteiger charge is -2.18. The van der Waals surface area contributed by atoms with Crippen LogP contribution in [0.25, 0.3) is 0 Å². The fourth-order valence-corrected chi connectivity index (χ4v) is 2.16. The Morgan fingerprint density at radius 2 is 2.40 bits per heavy atom. The summed E-state index contributed by atoms with van der Waals surface area (Å²) in [6.45, 7) is 2.15.